The summed E-state index contributed by atoms with van der Waals surface area (Å²) in [6.45, 7) is 8.52. The molecule has 210 valence electrons. The monoisotopic (exact) mass is 549 g/mol. The van der Waals surface area contributed by atoms with Crippen molar-refractivity contribution in [2.45, 2.75) is 45.8 Å². The molecule has 5 rings (SSSR count). The molecular formula is C28H32FN7O4. The lowest BCUT2D eigenvalue weighted by Gasteiger charge is -2.29. The highest BCUT2D eigenvalue weighted by Crippen LogP contribution is 2.32. The molecule has 2 amide bonds. The SMILES string of the molecule is COc1cnc2c(N3CC[C@H](N(C)C(=O)OC(C)(C)C)C3)ccc(C(=O)Nc3cc(F)c4nc(C)cn4c3)c2n1. The molecule has 40 heavy (non-hydrogen) atoms. The Hall–Kier alpha value is -4.48. The summed E-state index contributed by atoms with van der Waals surface area (Å²) in [6.07, 6.45) is 5.15. The highest BCUT2D eigenvalue weighted by atomic mass is 19.1. The number of anilines is 2. The highest BCUT2D eigenvalue weighted by Gasteiger charge is 2.32. The van der Waals surface area contributed by atoms with E-state index < -0.39 is 17.3 Å². The van der Waals surface area contributed by atoms with Gasteiger partial charge in [-0.15, -0.1) is 0 Å². The maximum Gasteiger partial charge on any atom is 0.410 e. The van der Waals surface area contributed by atoms with E-state index in [4.69, 9.17) is 9.47 Å². The molecule has 11 nitrogen and oxygen atoms in total. The van der Waals surface area contributed by atoms with Gasteiger partial charge in [0.05, 0.1) is 42.0 Å². The normalized spacial score (nSPS) is 15.5. The van der Waals surface area contributed by atoms with Crippen LogP contribution in [0.2, 0.25) is 0 Å². The fourth-order valence-corrected chi connectivity index (χ4v) is 4.81. The summed E-state index contributed by atoms with van der Waals surface area (Å²) in [4.78, 5) is 43.0. The Morgan fingerprint density at radius 1 is 1.18 bits per heavy atom. The van der Waals surface area contributed by atoms with Crippen molar-refractivity contribution in [2.24, 2.45) is 0 Å². The summed E-state index contributed by atoms with van der Waals surface area (Å²) in [7, 11) is 3.21. The van der Waals surface area contributed by atoms with E-state index in [9.17, 15) is 14.0 Å². The zero-order chi connectivity index (χ0) is 28.8. The molecule has 4 heterocycles. The van der Waals surface area contributed by atoms with E-state index in [1.165, 1.54) is 23.8 Å². The first kappa shape index (κ1) is 27.1. The number of hydrogen-bond donors (Lipinski definition) is 1. The lowest BCUT2D eigenvalue weighted by Crippen LogP contribution is -2.42. The second-order valence-corrected chi connectivity index (χ2v) is 10.9. The summed E-state index contributed by atoms with van der Waals surface area (Å²) >= 11 is 0. The minimum absolute atomic E-state index is 0.0595. The van der Waals surface area contributed by atoms with E-state index in [0.717, 1.165) is 12.1 Å². The molecule has 12 heteroatoms. The minimum atomic E-state index is -0.583. The Bertz CT molecular complexity index is 1610. The van der Waals surface area contributed by atoms with Crippen LogP contribution < -0.4 is 15.0 Å². The molecule has 0 aliphatic carbocycles. The van der Waals surface area contributed by atoms with Crippen LogP contribution in [0.4, 0.5) is 20.6 Å². The fourth-order valence-electron chi connectivity index (χ4n) is 4.81. The third-order valence-corrected chi connectivity index (χ3v) is 6.73. The average molecular weight is 550 g/mol. The van der Waals surface area contributed by atoms with Crippen LogP contribution in [0.3, 0.4) is 0 Å². The fraction of sp³-hybridized carbons (Fsp3) is 0.393. The number of methoxy groups -OCH3 is 1. The molecule has 4 aromatic rings. The van der Waals surface area contributed by atoms with Crippen LogP contribution in [0.25, 0.3) is 16.7 Å². The van der Waals surface area contributed by atoms with Crippen molar-refractivity contribution >= 4 is 40.1 Å². The first-order valence-electron chi connectivity index (χ1n) is 12.9. The largest absolute Gasteiger partial charge is 0.480 e. The Balaban J connectivity index is 1.43. The lowest BCUT2D eigenvalue weighted by atomic mass is 10.1. The molecule has 0 saturated carbocycles. The summed E-state index contributed by atoms with van der Waals surface area (Å²) in [5, 5.41) is 2.76. The van der Waals surface area contributed by atoms with Gasteiger partial charge in [0.15, 0.2) is 11.5 Å². The van der Waals surface area contributed by atoms with Crippen molar-refractivity contribution in [3.05, 3.63) is 53.9 Å². The van der Waals surface area contributed by atoms with E-state index in [1.54, 1.807) is 37.3 Å². The van der Waals surface area contributed by atoms with Crippen LogP contribution in [0, 0.1) is 12.7 Å². The number of amides is 2. The lowest BCUT2D eigenvalue weighted by molar-refractivity contribution is 0.0237. The van der Waals surface area contributed by atoms with Gasteiger partial charge >= 0.3 is 6.09 Å². The molecule has 0 radical (unpaired) electrons. The molecular weight excluding hydrogens is 517 g/mol. The quantitative estimate of drug-likeness (QED) is 0.389. The van der Waals surface area contributed by atoms with Crippen LogP contribution in [0.1, 0.15) is 43.2 Å². The highest BCUT2D eigenvalue weighted by molar-refractivity contribution is 6.13. The number of pyridine rings is 1. The van der Waals surface area contributed by atoms with Gasteiger partial charge in [0.2, 0.25) is 5.88 Å². The maximum atomic E-state index is 14.6. The summed E-state index contributed by atoms with van der Waals surface area (Å²) < 4.78 is 26.9. The number of carbonyl (C=O) groups excluding carboxylic acids is 2. The molecule has 0 bridgehead atoms. The molecule has 0 spiro atoms. The predicted octanol–water partition coefficient (Wildman–Crippen LogP) is 4.43. The Morgan fingerprint density at radius 2 is 1.95 bits per heavy atom. The van der Waals surface area contributed by atoms with E-state index in [-0.39, 0.29) is 34.9 Å². The van der Waals surface area contributed by atoms with Crippen molar-refractivity contribution in [1.29, 1.82) is 0 Å². The minimum Gasteiger partial charge on any atom is -0.480 e. The number of aryl methyl sites for hydroxylation is 1. The number of ether oxygens (including phenoxy) is 2. The molecule has 3 aromatic heterocycles. The zero-order valence-electron chi connectivity index (χ0n) is 23.4. The number of benzene rings is 1. The third kappa shape index (κ3) is 5.33. The summed E-state index contributed by atoms with van der Waals surface area (Å²) in [5.74, 6) is -0.768. The Labute approximate surface area is 230 Å². The second-order valence-electron chi connectivity index (χ2n) is 10.9. The number of fused-ring (bicyclic) bond motifs is 2. The van der Waals surface area contributed by atoms with Crippen LogP contribution in [0.5, 0.6) is 5.88 Å². The van der Waals surface area contributed by atoms with Gasteiger partial charge in [0.25, 0.3) is 5.91 Å². The number of nitrogens with zero attached hydrogens (tertiary/aromatic N) is 6. The van der Waals surface area contributed by atoms with Crippen molar-refractivity contribution in [2.75, 3.05) is 37.5 Å². The van der Waals surface area contributed by atoms with Crippen LogP contribution in [0.15, 0.2) is 36.8 Å². The Morgan fingerprint density at radius 3 is 2.67 bits per heavy atom. The van der Waals surface area contributed by atoms with Gasteiger partial charge in [-0.25, -0.2) is 24.1 Å². The molecule has 1 aliphatic heterocycles. The van der Waals surface area contributed by atoms with Crippen LogP contribution in [-0.4, -0.2) is 75.1 Å². The van der Waals surface area contributed by atoms with E-state index >= 15 is 0 Å². The number of likely N-dealkylation sites (N-methyl/N-ethyl adjacent to an activating group) is 1. The second kappa shape index (κ2) is 10.2. The van der Waals surface area contributed by atoms with Gasteiger partial charge in [-0.2, -0.15) is 0 Å². The number of rotatable bonds is 5. The van der Waals surface area contributed by atoms with Crippen LogP contribution >= 0.6 is 0 Å². The Kier molecular flexibility index (Phi) is 6.94. The molecule has 1 fully saturated rings. The number of halogens is 1. The smallest absolute Gasteiger partial charge is 0.410 e. The van der Waals surface area contributed by atoms with Crippen molar-refractivity contribution < 1.29 is 23.5 Å². The van der Waals surface area contributed by atoms with E-state index in [0.29, 0.717) is 29.8 Å². The number of imidazole rings is 1. The number of hydrogen-bond acceptors (Lipinski definition) is 8. The predicted molar refractivity (Wildman–Crippen MR) is 149 cm³/mol. The van der Waals surface area contributed by atoms with Gasteiger partial charge in [-0.05, 0) is 46.2 Å². The van der Waals surface area contributed by atoms with Gasteiger partial charge in [-0.1, -0.05) is 0 Å². The van der Waals surface area contributed by atoms with E-state index in [2.05, 4.69) is 25.2 Å². The average Bonchev–Trinajstić information content (AvgIpc) is 3.53. The zero-order valence-corrected chi connectivity index (χ0v) is 23.4. The maximum absolute atomic E-state index is 14.6. The molecule has 1 aromatic carbocycles. The van der Waals surface area contributed by atoms with Gasteiger partial charge in [0.1, 0.15) is 16.6 Å². The van der Waals surface area contributed by atoms with Crippen molar-refractivity contribution in [1.82, 2.24) is 24.3 Å². The number of aromatic nitrogens is 4. The van der Waals surface area contributed by atoms with Gasteiger partial charge in [-0.3, -0.25) is 4.79 Å². The third-order valence-electron chi connectivity index (χ3n) is 6.73. The topological polar surface area (TPSA) is 114 Å². The molecule has 0 unspecified atom stereocenters. The van der Waals surface area contributed by atoms with Crippen molar-refractivity contribution in [3.63, 3.8) is 0 Å². The summed E-state index contributed by atoms with van der Waals surface area (Å²) in [5.41, 5.74) is 2.43. The molecule has 1 saturated heterocycles. The first-order valence-corrected chi connectivity index (χ1v) is 12.9. The number of nitrogens with one attached hydrogen (secondary N) is 1. The van der Waals surface area contributed by atoms with Gasteiger partial charge < -0.3 is 29.0 Å². The van der Waals surface area contributed by atoms with Crippen LogP contribution in [-0.2, 0) is 4.74 Å². The summed E-state index contributed by atoms with van der Waals surface area (Å²) in [6, 6.07) is 4.66. The molecule has 1 aliphatic rings. The first-order chi connectivity index (χ1) is 18.9. The van der Waals surface area contributed by atoms with Crippen molar-refractivity contribution in [3.8, 4) is 5.88 Å². The van der Waals surface area contributed by atoms with Gasteiger partial charge in [0, 0.05) is 38.6 Å². The number of carbonyl (C=O) groups is 2. The molecule has 1 N–H and O–H groups in total. The standard InChI is InChI=1S/C28H32FN7O4/c1-16-13-36-14-17(11-20(29)25(36)31-16)32-26(37)19-7-8-21(24-23(19)33-22(39-6)12-30-24)35-10-9-18(15-35)34(5)27(38)40-28(2,3)4/h7-8,11-14,18H,9-10,15H2,1-6H3,(H,32,37)/t18-/m0/s1. The van der Waals surface area contributed by atoms with E-state index in [1.807, 2.05) is 26.8 Å². The molecule has 1 atom stereocenters.